The molecule has 0 aromatic heterocycles. The van der Waals surface area contributed by atoms with Gasteiger partial charge in [-0.05, 0) is 48.0 Å². The van der Waals surface area contributed by atoms with E-state index in [0.29, 0.717) is 0 Å². The molecule has 0 saturated heterocycles. The van der Waals surface area contributed by atoms with Crippen molar-refractivity contribution in [3.63, 3.8) is 0 Å². The lowest BCUT2D eigenvalue weighted by molar-refractivity contribution is 0.145. The standard InChI is InChI=1S/C13H20BrNOS/c1-2-16-10-5-8-15-9-11-17-13-7-4-3-6-12(13)14/h3-4,6-7,15H,2,5,8-11H2,1H3. The molecule has 4 heteroatoms. The molecule has 0 bridgehead atoms. The van der Waals surface area contributed by atoms with E-state index in [1.165, 1.54) is 9.37 Å². The molecule has 0 heterocycles. The van der Waals surface area contributed by atoms with E-state index in [1.807, 2.05) is 24.8 Å². The van der Waals surface area contributed by atoms with Crippen LogP contribution in [0.1, 0.15) is 13.3 Å². The number of hydrogen-bond acceptors (Lipinski definition) is 3. The molecule has 0 amide bonds. The van der Waals surface area contributed by atoms with Crippen molar-refractivity contribution in [1.29, 1.82) is 0 Å². The van der Waals surface area contributed by atoms with Crippen LogP contribution >= 0.6 is 27.7 Å². The van der Waals surface area contributed by atoms with Gasteiger partial charge in [0.1, 0.15) is 0 Å². The van der Waals surface area contributed by atoms with Gasteiger partial charge in [-0.2, -0.15) is 0 Å². The van der Waals surface area contributed by atoms with Gasteiger partial charge in [-0.1, -0.05) is 12.1 Å². The van der Waals surface area contributed by atoms with Crippen molar-refractivity contribution >= 4 is 27.7 Å². The largest absolute Gasteiger partial charge is 0.382 e. The maximum absolute atomic E-state index is 5.27. The molecule has 0 aliphatic carbocycles. The molecule has 0 fully saturated rings. The number of nitrogens with one attached hydrogen (secondary N) is 1. The number of benzene rings is 1. The van der Waals surface area contributed by atoms with E-state index in [9.17, 15) is 0 Å². The SMILES string of the molecule is CCOCCCNCCSc1ccccc1Br. The normalized spacial score (nSPS) is 10.7. The lowest BCUT2D eigenvalue weighted by Gasteiger charge is -2.06. The number of ether oxygens (including phenoxy) is 1. The fraction of sp³-hybridized carbons (Fsp3) is 0.538. The van der Waals surface area contributed by atoms with Gasteiger partial charge in [-0.15, -0.1) is 11.8 Å². The highest BCUT2D eigenvalue weighted by Gasteiger charge is 1.98. The van der Waals surface area contributed by atoms with Crippen molar-refractivity contribution in [1.82, 2.24) is 5.32 Å². The van der Waals surface area contributed by atoms with Crippen LogP contribution in [0.2, 0.25) is 0 Å². The second-order valence-corrected chi connectivity index (χ2v) is 5.57. The Hall–Kier alpha value is -0.0300. The maximum Gasteiger partial charge on any atom is 0.0477 e. The Kier molecular flexibility index (Phi) is 8.79. The van der Waals surface area contributed by atoms with Gasteiger partial charge in [0.15, 0.2) is 0 Å². The van der Waals surface area contributed by atoms with E-state index >= 15 is 0 Å². The summed E-state index contributed by atoms with van der Waals surface area (Å²) in [6.45, 7) is 5.79. The molecule has 0 aliphatic rings. The zero-order valence-electron chi connectivity index (χ0n) is 10.2. The summed E-state index contributed by atoms with van der Waals surface area (Å²) in [5.41, 5.74) is 0. The van der Waals surface area contributed by atoms with Crippen molar-refractivity contribution in [3.8, 4) is 0 Å². The number of halogens is 1. The predicted octanol–water partition coefficient (Wildman–Crippen LogP) is 3.56. The molecule has 1 rings (SSSR count). The van der Waals surface area contributed by atoms with Crippen molar-refractivity contribution in [2.45, 2.75) is 18.2 Å². The minimum absolute atomic E-state index is 0.817. The molecule has 1 aromatic rings. The van der Waals surface area contributed by atoms with E-state index in [-0.39, 0.29) is 0 Å². The third kappa shape index (κ3) is 7.09. The summed E-state index contributed by atoms with van der Waals surface area (Å²) in [6, 6.07) is 8.34. The van der Waals surface area contributed by atoms with E-state index in [0.717, 1.165) is 38.5 Å². The van der Waals surface area contributed by atoms with Crippen LogP contribution in [0, 0.1) is 0 Å². The zero-order valence-corrected chi connectivity index (χ0v) is 12.6. The van der Waals surface area contributed by atoms with Crippen LogP contribution in [-0.4, -0.2) is 32.1 Å². The molecule has 0 unspecified atom stereocenters. The van der Waals surface area contributed by atoms with Crippen LogP contribution in [0.4, 0.5) is 0 Å². The van der Waals surface area contributed by atoms with Crippen LogP contribution < -0.4 is 5.32 Å². The summed E-state index contributed by atoms with van der Waals surface area (Å²) in [7, 11) is 0. The average Bonchev–Trinajstić information content (AvgIpc) is 2.35. The third-order valence-corrected chi connectivity index (χ3v) is 4.25. The molecule has 1 aromatic carbocycles. The second kappa shape index (κ2) is 9.95. The van der Waals surface area contributed by atoms with Crippen molar-refractivity contribution < 1.29 is 4.74 Å². The summed E-state index contributed by atoms with van der Waals surface area (Å²) in [4.78, 5) is 1.31. The molecule has 0 radical (unpaired) electrons. The summed E-state index contributed by atoms with van der Waals surface area (Å²) < 4.78 is 6.46. The minimum Gasteiger partial charge on any atom is -0.382 e. The zero-order chi connectivity index (χ0) is 12.3. The summed E-state index contributed by atoms with van der Waals surface area (Å²) in [5.74, 6) is 1.09. The van der Waals surface area contributed by atoms with Gasteiger partial charge in [-0.25, -0.2) is 0 Å². The fourth-order valence-corrected chi connectivity index (χ4v) is 2.84. The topological polar surface area (TPSA) is 21.3 Å². The smallest absolute Gasteiger partial charge is 0.0477 e. The first-order valence-electron chi connectivity index (χ1n) is 6.00. The van der Waals surface area contributed by atoms with Gasteiger partial charge >= 0.3 is 0 Å². The minimum atomic E-state index is 0.817. The number of hydrogen-bond donors (Lipinski definition) is 1. The Labute approximate surface area is 117 Å². The maximum atomic E-state index is 5.27. The van der Waals surface area contributed by atoms with Crippen LogP contribution in [0.15, 0.2) is 33.6 Å². The van der Waals surface area contributed by atoms with E-state index in [1.54, 1.807) is 0 Å². The second-order valence-electron chi connectivity index (χ2n) is 3.58. The third-order valence-electron chi connectivity index (χ3n) is 2.22. The number of thioether (sulfide) groups is 1. The van der Waals surface area contributed by atoms with Gasteiger partial charge in [0.2, 0.25) is 0 Å². The average molecular weight is 318 g/mol. The van der Waals surface area contributed by atoms with Gasteiger partial charge < -0.3 is 10.1 Å². The highest BCUT2D eigenvalue weighted by atomic mass is 79.9. The highest BCUT2D eigenvalue weighted by Crippen LogP contribution is 2.26. The number of rotatable bonds is 9. The molecule has 0 atom stereocenters. The summed E-state index contributed by atoms with van der Waals surface area (Å²) >= 11 is 5.42. The van der Waals surface area contributed by atoms with Gasteiger partial charge in [0.05, 0.1) is 0 Å². The predicted molar refractivity (Wildman–Crippen MR) is 78.8 cm³/mol. The van der Waals surface area contributed by atoms with E-state index in [4.69, 9.17) is 4.74 Å². The molecular formula is C13H20BrNOS. The molecule has 2 nitrogen and oxygen atoms in total. The first-order chi connectivity index (χ1) is 8.34. The fourth-order valence-electron chi connectivity index (χ4n) is 1.36. The molecule has 0 aliphatic heterocycles. The van der Waals surface area contributed by atoms with Crippen LogP contribution in [0.5, 0.6) is 0 Å². The van der Waals surface area contributed by atoms with Crippen LogP contribution in [0.3, 0.4) is 0 Å². The van der Waals surface area contributed by atoms with Crippen molar-refractivity contribution in [2.24, 2.45) is 0 Å². The highest BCUT2D eigenvalue weighted by molar-refractivity contribution is 9.10. The summed E-state index contributed by atoms with van der Waals surface area (Å²) in [6.07, 6.45) is 1.09. The molecule has 1 N–H and O–H groups in total. The Morgan fingerprint density at radius 2 is 2.12 bits per heavy atom. The first kappa shape index (κ1) is 15.0. The molecule has 0 spiro atoms. The van der Waals surface area contributed by atoms with E-state index < -0.39 is 0 Å². The Morgan fingerprint density at radius 1 is 1.29 bits per heavy atom. The molecule has 17 heavy (non-hydrogen) atoms. The molecule has 96 valence electrons. The summed E-state index contributed by atoms with van der Waals surface area (Å²) in [5, 5.41) is 3.42. The van der Waals surface area contributed by atoms with Gasteiger partial charge in [-0.3, -0.25) is 0 Å². The monoisotopic (exact) mass is 317 g/mol. The lowest BCUT2D eigenvalue weighted by atomic mass is 10.4. The van der Waals surface area contributed by atoms with Gasteiger partial charge in [0, 0.05) is 34.9 Å². The lowest BCUT2D eigenvalue weighted by Crippen LogP contribution is -2.19. The first-order valence-corrected chi connectivity index (χ1v) is 7.78. The van der Waals surface area contributed by atoms with Crippen molar-refractivity contribution in [3.05, 3.63) is 28.7 Å². The van der Waals surface area contributed by atoms with Crippen LogP contribution in [0.25, 0.3) is 0 Å². The quantitative estimate of drug-likeness (QED) is 0.556. The van der Waals surface area contributed by atoms with E-state index in [2.05, 4.69) is 39.4 Å². The Balaban J connectivity index is 1.99. The Bertz CT molecular complexity index is 309. The van der Waals surface area contributed by atoms with Crippen LogP contribution in [-0.2, 0) is 4.74 Å². The Morgan fingerprint density at radius 3 is 2.88 bits per heavy atom. The van der Waals surface area contributed by atoms with Gasteiger partial charge in [0.25, 0.3) is 0 Å². The van der Waals surface area contributed by atoms with Crippen molar-refractivity contribution in [2.75, 3.05) is 32.1 Å². The molecular weight excluding hydrogens is 298 g/mol. The molecule has 0 saturated carbocycles.